The maximum absolute atomic E-state index is 12.0. The third kappa shape index (κ3) is 4.99. The number of halogens is 2. The van der Waals surface area contributed by atoms with E-state index >= 15 is 0 Å². The number of nitrogens with one attached hydrogen (secondary N) is 1. The van der Waals surface area contributed by atoms with Crippen LogP contribution >= 0.6 is 0 Å². The van der Waals surface area contributed by atoms with Crippen LogP contribution < -0.4 is 10.1 Å². The van der Waals surface area contributed by atoms with Gasteiger partial charge in [-0.05, 0) is 49.4 Å². The van der Waals surface area contributed by atoms with Gasteiger partial charge in [0.1, 0.15) is 5.75 Å². The lowest BCUT2D eigenvalue weighted by molar-refractivity contribution is -0.0498. The molecule has 0 amide bonds. The molecule has 1 aromatic carbocycles. The molecule has 0 aromatic heterocycles. The molecule has 0 fully saturated rings. The van der Waals surface area contributed by atoms with E-state index in [1.54, 1.807) is 12.1 Å². The molecular weight excluding hydrogens is 248 g/mol. The van der Waals surface area contributed by atoms with Crippen molar-refractivity contribution in [3.63, 3.8) is 0 Å². The van der Waals surface area contributed by atoms with Gasteiger partial charge in [-0.2, -0.15) is 8.78 Å². The highest BCUT2D eigenvalue weighted by Gasteiger charge is 2.09. The second kappa shape index (κ2) is 7.24. The number of allylic oxidation sites excluding steroid dienone is 2. The van der Waals surface area contributed by atoms with E-state index in [0.717, 1.165) is 25.1 Å². The minimum Gasteiger partial charge on any atom is -0.435 e. The Bertz CT molecular complexity index is 403. The highest BCUT2D eigenvalue weighted by molar-refractivity contribution is 5.27. The third-order valence-corrected chi connectivity index (χ3v) is 3.29. The summed E-state index contributed by atoms with van der Waals surface area (Å²) >= 11 is 0. The summed E-state index contributed by atoms with van der Waals surface area (Å²) in [6.07, 6.45) is 8.04. The first-order valence-corrected chi connectivity index (χ1v) is 6.63. The molecule has 0 heterocycles. The summed E-state index contributed by atoms with van der Waals surface area (Å²) in [6.45, 7) is -1.00. The summed E-state index contributed by atoms with van der Waals surface area (Å²) in [5.74, 6) is 0.919. The number of alkyl halides is 2. The Morgan fingerprint density at radius 3 is 2.63 bits per heavy atom. The summed E-state index contributed by atoms with van der Waals surface area (Å²) in [6, 6.07) is 6.77. The zero-order valence-corrected chi connectivity index (χ0v) is 10.8. The van der Waals surface area contributed by atoms with Crippen molar-refractivity contribution in [2.24, 2.45) is 5.92 Å². The topological polar surface area (TPSA) is 21.3 Å². The second-order valence-electron chi connectivity index (χ2n) is 4.80. The molecule has 0 spiro atoms. The lowest BCUT2D eigenvalue weighted by atomic mass is 9.94. The van der Waals surface area contributed by atoms with Crippen LogP contribution in [0.2, 0.25) is 0 Å². The number of hydrogen-bond acceptors (Lipinski definition) is 2. The standard InChI is InChI=1S/C15H19F2NO/c16-15(17)19-14-8-6-13(7-9-14)11-18-10-12-4-2-1-3-5-12/h1-2,6-9,12,15,18H,3-5,10-11H2. The van der Waals surface area contributed by atoms with E-state index in [1.165, 1.54) is 12.8 Å². The van der Waals surface area contributed by atoms with Crippen molar-refractivity contribution in [2.45, 2.75) is 32.4 Å². The maximum Gasteiger partial charge on any atom is 0.387 e. The van der Waals surface area contributed by atoms with E-state index in [0.29, 0.717) is 5.92 Å². The van der Waals surface area contributed by atoms with Gasteiger partial charge in [-0.25, -0.2) is 0 Å². The Labute approximate surface area is 112 Å². The van der Waals surface area contributed by atoms with Gasteiger partial charge in [0, 0.05) is 6.54 Å². The maximum atomic E-state index is 12.0. The van der Waals surface area contributed by atoms with Crippen LogP contribution in [0.15, 0.2) is 36.4 Å². The molecule has 104 valence electrons. The second-order valence-corrected chi connectivity index (χ2v) is 4.80. The van der Waals surface area contributed by atoms with Crippen molar-refractivity contribution in [1.29, 1.82) is 0 Å². The van der Waals surface area contributed by atoms with E-state index < -0.39 is 6.61 Å². The monoisotopic (exact) mass is 267 g/mol. The Morgan fingerprint density at radius 1 is 1.21 bits per heavy atom. The first-order valence-electron chi connectivity index (χ1n) is 6.63. The zero-order chi connectivity index (χ0) is 13.5. The van der Waals surface area contributed by atoms with Crippen LogP contribution in [0.5, 0.6) is 5.75 Å². The van der Waals surface area contributed by atoms with Crippen LogP contribution in [0.1, 0.15) is 24.8 Å². The molecule has 19 heavy (non-hydrogen) atoms. The molecule has 1 aromatic rings. The van der Waals surface area contributed by atoms with Crippen LogP contribution in [0.3, 0.4) is 0 Å². The molecule has 1 aliphatic rings. The fourth-order valence-corrected chi connectivity index (χ4v) is 2.25. The van der Waals surface area contributed by atoms with Gasteiger partial charge < -0.3 is 10.1 Å². The molecular formula is C15H19F2NO. The van der Waals surface area contributed by atoms with Crippen molar-refractivity contribution in [1.82, 2.24) is 5.32 Å². The first kappa shape index (κ1) is 14.0. The van der Waals surface area contributed by atoms with Crippen LogP contribution in [0, 0.1) is 5.92 Å². The molecule has 0 saturated heterocycles. The van der Waals surface area contributed by atoms with Gasteiger partial charge in [0.15, 0.2) is 0 Å². The summed E-state index contributed by atoms with van der Waals surface area (Å²) < 4.78 is 28.3. The lowest BCUT2D eigenvalue weighted by Crippen LogP contribution is -2.23. The molecule has 1 N–H and O–H groups in total. The predicted octanol–water partition coefficient (Wildman–Crippen LogP) is 3.73. The van der Waals surface area contributed by atoms with Crippen molar-refractivity contribution in [3.05, 3.63) is 42.0 Å². The van der Waals surface area contributed by atoms with E-state index in [9.17, 15) is 8.78 Å². The normalized spacial score (nSPS) is 18.8. The lowest BCUT2D eigenvalue weighted by Gasteiger charge is -2.18. The van der Waals surface area contributed by atoms with Gasteiger partial charge in [0.2, 0.25) is 0 Å². The van der Waals surface area contributed by atoms with Crippen LogP contribution in [-0.2, 0) is 6.54 Å². The first-order chi connectivity index (χ1) is 9.24. The van der Waals surface area contributed by atoms with Crippen molar-refractivity contribution in [2.75, 3.05) is 6.54 Å². The van der Waals surface area contributed by atoms with Gasteiger partial charge in [0.25, 0.3) is 0 Å². The quantitative estimate of drug-likeness (QED) is 0.793. The molecule has 2 rings (SSSR count). The van der Waals surface area contributed by atoms with Gasteiger partial charge in [-0.3, -0.25) is 0 Å². The van der Waals surface area contributed by atoms with E-state index in [4.69, 9.17) is 0 Å². The molecule has 0 aliphatic heterocycles. The minimum absolute atomic E-state index is 0.205. The van der Waals surface area contributed by atoms with E-state index in [-0.39, 0.29) is 5.75 Å². The molecule has 2 nitrogen and oxygen atoms in total. The van der Waals surface area contributed by atoms with Gasteiger partial charge >= 0.3 is 6.61 Å². The fourth-order valence-electron chi connectivity index (χ4n) is 2.25. The molecule has 0 saturated carbocycles. The van der Waals surface area contributed by atoms with E-state index in [2.05, 4.69) is 22.2 Å². The predicted molar refractivity (Wildman–Crippen MR) is 71.3 cm³/mol. The third-order valence-electron chi connectivity index (χ3n) is 3.29. The molecule has 0 bridgehead atoms. The smallest absolute Gasteiger partial charge is 0.387 e. The zero-order valence-electron chi connectivity index (χ0n) is 10.8. The fraction of sp³-hybridized carbons (Fsp3) is 0.467. The Hall–Kier alpha value is -1.42. The SMILES string of the molecule is FC(F)Oc1ccc(CNCC2CC=CCC2)cc1. The summed E-state index contributed by atoms with van der Waals surface area (Å²) in [4.78, 5) is 0. The molecule has 1 unspecified atom stereocenters. The molecule has 0 radical (unpaired) electrons. The molecule has 1 atom stereocenters. The van der Waals surface area contributed by atoms with Crippen LogP contribution in [-0.4, -0.2) is 13.2 Å². The van der Waals surface area contributed by atoms with Gasteiger partial charge in [0.05, 0.1) is 0 Å². The Morgan fingerprint density at radius 2 is 2.00 bits per heavy atom. The summed E-state index contributed by atoms with van der Waals surface area (Å²) in [5, 5.41) is 3.41. The van der Waals surface area contributed by atoms with Gasteiger partial charge in [-0.1, -0.05) is 24.3 Å². The highest BCUT2D eigenvalue weighted by Crippen LogP contribution is 2.18. The van der Waals surface area contributed by atoms with Gasteiger partial charge in [-0.15, -0.1) is 0 Å². The largest absolute Gasteiger partial charge is 0.435 e. The van der Waals surface area contributed by atoms with Crippen molar-refractivity contribution < 1.29 is 13.5 Å². The number of ether oxygens (including phenoxy) is 1. The minimum atomic E-state index is -2.76. The highest BCUT2D eigenvalue weighted by atomic mass is 19.3. The van der Waals surface area contributed by atoms with Crippen molar-refractivity contribution >= 4 is 0 Å². The summed E-state index contributed by atoms with van der Waals surface area (Å²) in [7, 11) is 0. The van der Waals surface area contributed by atoms with Crippen molar-refractivity contribution in [3.8, 4) is 5.75 Å². The van der Waals surface area contributed by atoms with Crippen LogP contribution in [0.25, 0.3) is 0 Å². The van der Waals surface area contributed by atoms with Crippen LogP contribution in [0.4, 0.5) is 8.78 Å². The number of hydrogen-bond donors (Lipinski definition) is 1. The van der Waals surface area contributed by atoms with E-state index in [1.807, 2.05) is 12.1 Å². The molecule has 4 heteroatoms. The Balaban J connectivity index is 1.72. The number of benzene rings is 1. The molecule has 1 aliphatic carbocycles. The average Bonchev–Trinajstić information content (AvgIpc) is 2.41. The number of rotatable bonds is 6. The average molecular weight is 267 g/mol. The Kier molecular flexibility index (Phi) is 5.33. The summed E-state index contributed by atoms with van der Waals surface area (Å²) in [5.41, 5.74) is 1.08.